The zero-order valence-electron chi connectivity index (χ0n) is 58.2. The van der Waals surface area contributed by atoms with E-state index in [0.717, 1.165) is 38.5 Å². The number of aliphatic hydroxyl groups is 2. The van der Waals surface area contributed by atoms with Crippen molar-refractivity contribution < 1.29 is 15.0 Å². The van der Waals surface area contributed by atoms with Crippen LogP contribution in [0.1, 0.15) is 444 Å². The molecular weight excluding hydrogens is 1030 g/mol. The van der Waals surface area contributed by atoms with Gasteiger partial charge in [0, 0.05) is 6.42 Å². The second-order valence-electron chi connectivity index (χ2n) is 27.1. The van der Waals surface area contributed by atoms with Gasteiger partial charge in [-0.3, -0.25) is 4.79 Å². The van der Waals surface area contributed by atoms with Crippen LogP contribution < -0.4 is 5.32 Å². The number of carbonyl (C=O) groups excluding carboxylic acids is 1. The molecule has 0 saturated carbocycles. The van der Waals surface area contributed by atoms with Crippen LogP contribution >= 0.6 is 0 Å². The summed E-state index contributed by atoms with van der Waals surface area (Å²) in [7, 11) is 0. The summed E-state index contributed by atoms with van der Waals surface area (Å²) in [6.07, 6.45) is 108. The first-order valence-electron chi connectivity index (χ1n) is 39.4. The van der Waals surface area contributed by atoms with Crippen LogP contribution in [0.3, 0.4) is 0 Å². The van der Waals surface area contributed by atoms with Crippen molar-refractivity contribution >= 4 is 5.91 Å². The van der Waals surface area contributed by atoms with Gasteiger partial charge in [0.05, 0.1) is 18.8 Å². The molecule has 502 valence electrons. The van der Waals surface area contributed by atoms with E-state index in [-0.39, 0.29) is 12.5 Å². The zero-order chi connectivity index (χ0) is 61.2. The molecule has 0 radical (unpaired) electrons. The highest BCUT2D eigenvalue weighted by Gasteiger charge is 2.18. The predicted molar refractivity (Wildman–Crippen MR) is 382 cm³/mol. The smallest absolute Gasteiger partial charge is 0.220 e. The van der Waals surface area contributed by atoms with E-state index in [4.69, 9.17) is 0 Å². The molecule has 0 aliphatic rings. The van der Waals surface area contributed by atoms with Crippen LogP contribution in [0.15, 0.2) is 48.6 Å². The van der Waals surface area contributed by atoms with Gasteiger partial charge in [0.1, 0.15) is 0 Å². The number of unbranched alkanes of at least 4 members (excludes halogenated alkanes) is 61. The third-order valence-electron chi connectivity index (χ3n) is 18.5. The Labute approximate surface area is 534 Å². The topological polar surface area (TPSA) is 69.6 Å². The van der Waals surface area contributed by atoms with E-state index in [1.54, 1.807) is 6.08 Å². The van der Waals surface area contributed by atoms with Crippen LogP contribution in [-0.4, -0.2) is 34.9 Å². The number of amides is 1. The van der Waals surface area contributed by atoms with E-state index < -0.39 is 12.1 Å². The number of hydrogen-bond donors (Lipinski definition) is 3. The molecule has 2 unspecified atom stereocenters. The van der Waals surface area contributed by atoms with Gasteiger partial charge >= 0.3 is 0 Å². The SMILES string of the molecule is CCCCCCCCCC/C=C\CCCCCCCCCCCCCCCCCCCCCCCCCCCCCCCC(=O)NC(CO)C(O)/C=C/CC/C=C/CC/C=C/CCCCCCCCCCCCCCCCCCCCCCCC. The highest BCUT2D eigenvalue weighted by atomic mass is 16.3. The van der Waals surface area contributed by atoms with Crippen LogP contribution in [0.2, 0.25) is 0 Å². The largest absolute Gasteiger partial charge is 0.394 e. The first-order valence-corrected chi connectivity index (χ1v) is 39.4. The van der Waals surface area contributed by atoms with Gasteiger partial charge in [-0.1, -0.05) is 416 Å². The Balaban J connectivity index is 3.42. The standard InChI is InChI=1S/C81H155NO3/c1-3-5-7-9-11-13-15-17-19-21-23-25-27-29-31-33-35-37-38-39-40-41-42-43-44-45-47-49-51-53-55-57-59-61-63-65-67-69-71-73-75-77-81(85)82-79(78-83)80(84)76-74-72-70-68-66-64-62-60-58-56-54-52-50-48-46-36-34-32-30-28-26-24-22-20-18-16-14-12-10-8-6-4-2/h21,23,58,60,66,68,74,76,79-80,83-84H,3-20,22,24-57,59,61-65,67,69-73,75,77-78H2,1-2H3,(H,82,85)/b23-21-,60-58+,68-66+,76-74+. The number of hydrogen-bond acceptors (Lipinski definition) is 3. The van der Waals surface area contributed by atoms with Gasteiger partial charge in [-0.05, 0) is 70.6 Å². The van der Waals surface area contributed by atoms with Crippen molar-refractivity contribution in [1.82, 2.24) is 5.32 Å². The fourth-order valence-electron chi connectivity index (χ4n) is 12.6. The first-order chi connectivity index (χ1) is 42.2. The summed E-state index contributed by atoms with van der Waals surface area (Å²) in [5.74, 6) is -0.0691. The van der Waals surface area contributed by atoms with E-state index in [0.29, 0.717) is 6.42 Å². The molecule has 0 aliphatic heterocycles. The summed E-state index contributed by atoms with van der Waals surface area (Å²) in [6, 6.07) is -0.647. The molecule has 0 saturated heterocycles. The highest BCUT2D eigenvalue weighted by Crippen LogP contribution is 2.20. The quantitative estimate of drug-likeness (QED) is 0.0420. The Hall–Kier alpha value is -1.65. The third-order valence-corrected chi connectivity index (χ3v) is 18.5. The summed E-state index contributed by atoms with van der Waals surface area (Å²) in [5.41, 5.74) is 0. The van der Waals surface area contributed by atoms with Crippen LogP contribution in [0.25, 0.3) is 0 Å². The predicted octanol–water partition coefficient (Wildman–Crippen LogP) is 27.2. The highest BCUT2D eigenvalue weighted by molar-refractivity contribution is 5.76. The molecule has 0 aromatic heterocycles. The summed E-state index contributed by atoms with van der Waals surface area (Å²) >= 11 is 0. The van der Waals surface area contributed by atoms with E-state index in [1.807, 2.05) is 6.08 Å². The van der Waals surface area contributed by atoms with Gasteiger partial charge in [-0.15, -0.1) is 0 Å². The van der Waals surface area contributed by atoms with Crippen molar-refractivity contribution in [1.29, 1.82) is 0 Å². The number of aliphatic hydroxyl groups excluding tert-OH is 2. The Morgan fingerprint density at radius 3 is 0.682 bits per heavy atom. The van der Waals surface area contributed by atoms with Crippen molar-refractivity contribution in [3.8, 4) is 0 Å². The maximum absolute atomic E-state index is 12.6. The van der Waals surface area contributed by atoms with Gasteiger partial charge in [0.15, 0.2) is 0 Å². The van der Waals surface area contributed by atoms with Crippen molar-refractivity contribution in [2.75, 3.05) is 6.61 Å². The summed E-state index contributed by atoms with van der Waals surface area (Å²) in [6.45, 7) is 4.34. The monoisotopic (exact) mass is 1190 g/mol. The second kappa shape index (κ2) is 76.6. The molecule has 3 N–H and O–H groups in total. The van der Waals surface area contributed by atoms with E-state index in [2.05, 4.69) is 55.6 Å². The molecule has 0 bridgehead atoms. The molecule has 0 rings (SSSR count). The maximum Gasteiger partial charge on any atom is 0.220 e. The molecular formula is C81H155NO3. The molecule has 0 spiro atoms. The van der Waals surface area contributed by atoms with Crippen molar-refractivity contribution in [2.24, 2.45) is 0 Å². The molecule has 0 fully saturated rings. The molecule has 1 amide bonds. The molecule has 0 heterocycles. The zero-order valence-corrected chi connectivity index (χ0v) is 58.2. The van der Waals surface area contributed by atoms with Crippen molar-refractivity contribution in [3.63, 3.8) is 0 Å². The lowest BCUT2D eigenvalue weighted by molar-refractivity contribution is -0.123. The first kappa shape index (κ1) is 83.4. The minimum atomic E-state index is -0.872. The Bertz CT molecular complexity index is 1350. The molecule has 0 aromatic rings. The van der Waals surface area contributed by atoms with Crippen LogP contribution in [-0.2, 0) is 4.79 Å². The third kappa shape index (κ3) is 73.0. The van der Waals surface area contributed by atoms with Gasteiger partial charge in [0.2, 0.25) is 5.91 Å². The Kier molecular flexibility index (Phi) is 75.1. The average Bonchev–Trinajstić information content (AvgIpc) is 3.51. The number of nitrogens with one attached hydrogen (secondary N) is 1. The summed E-state index contributed by atoms with van der Waals surface area (Å²) in [4.78, 5) is 12.6. The molecule has 4 nitrogen and oxygen atoms in total. The minimum Gasteiger partial charge on any atom is -0.394 e. The van der Waals surface area contributed by atoms with E-state index >= 15 is 0 Å². The summed E-state index contributed by atoms with van der Waals surface area (Å²) in [5, 5.41) is 23.3. The van der Waals surface area contributed by atoms with Gasteiger partial charge in [-0.25, -0.2) is 0 Å². The number of rotatable bonds is 74. The lowest BCUT2D eigenvalue weighted by atomic mass is 10.0. The Morgan fingerprint density at radius 1 is 0.271 bits per heavy atom. The second-order valence-corrected chi connectivity index (χ2v) is 27.1. The summed E-state index contributed by atoms with van der Waals surface area (Å²) < 4.78 is 0. The lowest BCUT2D eigenvalue weighted by Crippen LogP contribution is -2.45. The fourth-order valence-corrected chi connectivity index (χ4v) is 12.6. The normalized spacial score (nSPS) is 12.8. The minimum absolute atomic E-state index is 0.0691. The van der Waals surface area contributed by atoms with Crippen LogP contribution in [0, 0.1) is 0 Å². The number of allylic oxidation sites excluding steroid dienone is 7. The number of carbonyl (C=O) groups is 1. The fraction of sp³-hybridized carbons (Fsp3) is 0.889. The van der Waals surface area contributed by atoms with Crippen LogP contribution in [0.5, 0.6) is 0 Å². The van der Waals surface area contributed by atoms with E-state index in [9.17, 15) is 15.0 Å². The van der Waals surface area contributed by atoms with E-state index in [1.165, 1.54) is 385 Å². The van der Waals surface area contributed by atoms with Gasteiger partial charge < -0.3 is 15.5 Å². The average molecular weight is 1190 g/mol. The molecule has 0 aromatic carbocycles. The van der Waals surface area contributed by atoms with Gasteiger partial charge in [-0.2, -0.15) is 0 Å². The van der Waals surface area contributed by atoms with Crippen LogP contribution in [0.4, 0.5) is 0 Å². The Morgan fingerprint density at radius 2 is 0.459 bits per heavy atom. The molecule has 4 heteroatoms. The van der Waals surface area contributed by atoms with Crippen molar-refractivity contribution in [2.45, 2.75) is 456 Å². The molecule has 85 heavy (non-hydrogen) atoms. The lowest BCUT2D eigenvalue weighted by Gasteiger charge is -2.19. The molecule has 0 aliphatic carbocycles. The molecule has 2 atom stereocenters. The van der Waals surface area contributed by atoms with Gasteiger partial charge in [0.25, 0.3) is 0 Å². The van der Waals surface area contributed by atoms with Crippen molar-refractivity contribution in [3.05, 3.63) is 48.6 Å². The maximum atomic E-state index is 12.6.